The van der Waals surface area contributed by atoms with Gasteiger partial charge in [-0.05, 0) is 55.8 Å². The van der Waals surface area contributed by atoms with Crippen LogP contribution in [0.25, 0.3) is 28.4 Å². The van der Waals surface area contributed by atoms with Crippen molar-refractivity contribution in [3.05, 3.63) is 77.5 Å². The lowest BCUT2D eigenvalue weighted by molar-refractivity contribution is -0.136. The van der Waals surface area contributed by atoms with Crippen LogP contribution in [-0.2, 0) is 16.1 Å². The standard InChI is InChI=1S/C25H24N2O5/c1-4-31-23(25(28)29)14-17-9-10-21-18(13-17)11-12-27(21)15-20-16(2)32-24(26-20)19-7-5-6-8-22(19)30-3/h5-14H,4,15H2,1-3H3,(H,28,29). The highest BCUT2D eigenvalue weighted by molar-refractivity contribution is 5.91. The highest BCUT2D eigenvalue weighted by Crippen LogP contribution is 2.31. The molecule has 32 heavy (non-hydrogen) atoms. The van der Waals surface area contributed by atoms with Crippen LogP contribution < -0.4 is 4.74 Å². The normalized spacial score (nSPS) is 11.7. The Balaban J connectivity index is 1.63. The molecule has 0 radical (unpaired) electrons. The molecule has 7 heteroatoms. The lowest BCUT2D eigenvalue weighted by atomic mass is 10.1. The van der Waals surface area contributed by atoms with Crippen molar-refractivity contribution < 1.29 is 23.8 Å². The van der Waals surface area contributed by atoms with Crippen LogP contribution in [0.5, 0.6) is 5.75 Å². The molecule has 0 bridgehead atoms. The minimum Gasteiger partial charge on any atom is -0.496 e. The third kappa shape index (κ3) is 4.23. The van der Waals surface area contributed by atoms with E-state index in [4.69, 9.17) is 18.9 Å². The van der Waals surface area contributed by atoms with Crippen LogP contribution in [0.3, 0.4) is 0 Å². The molecule has 0 saturated heterocycles. The van der Waals surface area contributed by atoms with Gasteiger partial charge >= 0.3 is 5.97 Å². The molecule has 0 atom stereocenters. The number of oxazole rings is 1. The fraction of sp³-hybridized carbons (Fsp3) is 0.200. The van der Waals surface area contributed by atoms with E-state index >= 15 is 0 Å². The lowest BCUT2D eigenvalue weighted by Crippen LogP contribution is -2.04. The van der Waals surface area contributed by atoms with Crippen LogP contribution in [-0.4, -0.2) is 34.3 Å². The zero-order valence-corrected chi connectivity index (χ0v) is 18.2. The summed E-state index contributed by atoms with van der Waals surface area (Å²) in [5.41, 5.74) is 3.41. The molecule has 0 fully saturated rings. The van der Waals surface area contributed by atoms with E-state index in [0.717, 1.165) is 33.5 Å². The van der Waals surface area contributed by atoms with E-state index in [9.17, 15) is 9.90 Å². The molecule has 0 aliphatic carbocycles. The van der Waals surface area contributed by atoms with Gasteiger partial charge in [-0.15, -0.1) is 0 Å². The van der Waals surface area contributed by atoms with Gasteiger partial charge in [0.05, 0.1) is 25.8 Å². The summed E-state index contributed by atoms with van der Waals surface area (Å²) >= 11 is 0. The number of para-hydroxylation sites is 1. The van der Waals surface area contributed by atoms with Gasteiger partial charge < -0.3 is 23.6 Å². The number of aryl methyl sites for hydroxylation is 1. The van der Waals surface area contributed by atoms with Crippen LogP contribution in [0.1, 0.15) is 23.9 Å². The zero-order chi connectivity index (χ0) is 22.7. The van der Waals surface area contributed by atoms with Crippen molar-refractivity contribution in [1.29, 1.82) is 0 Å². The van der Waals surface area contributed by atoms with Crippen molar-refractivity contribution >= 4 is 22.9 Å². The summed E-state index contributed by atoms with van der Waals surface area (Å²) in [6.45, 7) is 4.50. The smallest absolute Gasteiger partial charge is 0.371 e. The van der Waals surface area contributed by atoms with Gasteiger partial charge in [0.25, 0.3) is 0 Å². The molecular formula is C25H24N2O5. The van der Waals surface area contributed by atoms with Crippen LogP contribution >= 0.6 is 0 Å². The topological polar surface area (TPSA) is 86.7 Å². The van der Waals surface area contributed by atoms with Crippen LogP contribution in [0.4, 0.5) is 0 Å². The average Bonchev–Trinajstić information content (AvgIpc) is 3.36. The maximum atomic E-state index is 11.3. The fourth-order valence-electron chi connectivity index (χ4n) is 3.59. The predicted octanol–water partition coefficient (Wildman–Crippen LogP) is 5.12. The molecule has 1 N–H and O–H groups in total. The molecule has 164 valence electrons. The average molecular weight is 432 g/mol. The molecule has 0 aliphatic rings. The van der Waals surface area contributed by atoms with E-state index < -0.39 is 5.97 Å². The van der Waals surface area contributed by atoms with E-state index in [1.807, 2.05) is 61.7 Å². The second kappa shape index (κ2) is 9.01. The molecule has 0 unspecified atom stereocenters. The largest absolute Gasteiger partial charge is 0.496 e. The van der Waals surface area contributed by atoms with Gasteiger partial charge in [0.2, 0.25) is 11.6 Å². The SMILES string of the molecule is CCOC(=Cc1ccc2c(ccn2Cc2nc(-c3ccccc3OC)oc2C)c1)C(=O)O. The van der Waals surface area contributed by atoms with Gasteiger partial charge in [0.1, 0.15) is 17.2 Å². The van der Waals surface area contributed by atoms with Gasteiger partial charge in [-0.25, -0.2) is 9.78 Å². The summed E-state index contributed by atoms with van der Waals surface area (Å²) in [7, 11) is 1.62. The molecule has 4 rings (SSSR count). The Kier molecular flexibility index (Phi) is 5.98. The molecule has 2 aromatic carbocycles. The molecule has 2 heterocycles. The summed E-state index contributed by atoms with van der Waals surface area (Å²) in [5, 5.41) is 10.3. The molecule has 2 aromatic heterocycles. The third-order valence-electron chi connectivity index (χ3n) is 5.15. The first kappa shape index (κ1) is 21.2. The second-order valence-electron chi connectivity index (χ2n) is 7.23. The summed E-state index contributed by atoms with van der Waals surface area (Å²) in [6, 6.07) is 15.4. The van der Waals surface area contributed by atoms with Crippen LogP contribution in [0.15, 0.2) is 64.9 Å². The first-order valence-corrected chi connectivity index (χ1v) is 10.3. The fourth-order valence-corrected chi connectivity index (χ4v) is 3.59. The molecule has 0 spiro atoms. The second-order valence-corrected chi connectivity index (χ2v) is 7.23. The zero-order valence-electron chi connectivity index (χ0n) is 18.2. The first-order valence-electron chi connectivity index (χ1n) is 10.3. The van der Waals surface area contributed by atoms with Gasteiger partial charge in [0.15, 0.2) is 0 Å². The summed E-state index contributed by atoms with van der Waals surface area (Å²) in [5.74, 6) is 0.816. The number of carboxylic acids is 1. The molecule has 7 nitrogen and oxygen atoms in total. The number of hydrogen-bond donors (Lipinski definition) is 1. The highest BCUT2D eigenvalue weighted by Gasteiger charge is 2.16. The van der Waals surface area contributed by atoms with Gasteiger partial charge in [0, 0.05) is 17.1 Å². The Morgan fingerprint density at radius 3 is 2.78 bits per heavy atom. The Bertz CT molecular complexity index is 1300. The Labute approximate surface area is 185 Å². The molecule has 0 saturated carbocycles. The maximum Gasteiger partial charge on any atom is 0.371 e. The summed E-state index contributed by atoms with van der Waals surface area (Å²) < 4.78 is 18.6. The van der Waals surface area contributed by atoms with Gasteiger partial charge in [-0.1, -0.05) is 18.2 Å². The van der Waals surface area contributed by atoms with Crippen molar-refractivity contribution in [3.8, 4) is 17.2 Å². The monoisotopic (exact) mass is 432 g/mol. The Morgan fingerprint density at radius 1 is 1.22 bits per heavy atom. The number of nitrogens with zero attached hydrogens (tertiary/aromatic N) is 2. The van der Waals surface area contributed by atoms with Gasteiger partial charge in [-0.2, -0.15) is 0 Å². The van der Waals surface area contributed by atoms with E-state index in [2.05, 4.69) is 4.57 Å². The number of benzene rings is 2. The Morgan fingerprint density at radius 2 is 2.03 bits per heavy atom. The van der Waals surface area contributed by atoms with Crippen LogP contribution in [0, 0.1) is 6.92 Å². The first-order chi connectivity index (χ1) is 15.5. The molecule has 0 amide bonds. The van der Waals surface area contributed by atoms with E-state index in [-0.39, 0.29) is 5.76 Å². The molecular weight excluding hydrogens is 408 g/mol. The number of rotatable bonds is 8. The number of methoxy groups -OCH3 is 1. The number of carboxylic acid groups (broad SMARTS) is 1. The number of carbonyl (C=O) groups is 1. The number of ether oxygens (including phenoxy) is 2. The Hall–Kier alpha value is -4.00. The van der Waals surface area contributed by atoms with E-state index in [0.29, 0.717) is 24.8 Å². The molecule has 0 aliphatic heterocycles. The van der Waals surface area contributed by atoms with Crippen molar-refractivity contribution in [3.63, 3.8) is 0 Å². The third-order valence-corrected chi connectivity index (χ3v) is 5.15. The summed E-state index contributed by atoms with van der Waals surface area (Å²) in [4.78, 5) is 16.0. The summed E-state index contributed by atoms with van der Waals surface area (Å²) in [6.07, 6.45) is 3.51. The minimum absolute atomic E-state index is 0.0756. The minimum atomic E-state index is -1.09. The van der Waals surface area contributed by atoms with Crippen LogP contribution in [0.2, 0.25) is 0 Å². The molecule has 4 aromatic rings. The number of fused-ring (bicyclic) bond motifs is 1. The highest BCUT2D eigenvalue weighted by atomic mass is 16.5. The van der Waals surface area contributed by atoms with Crippen molar-refractivity contribution in [2.24, 2.45) is 0 Å². The number of aromatic nitrogens is 2. The quantitative estimate of drug-likeness (QED) is 0.307. The van der Waals surface area contributed by atoms with Crippen molar-refractivity contribution in [1.82, 2.24) is 9.55 Å². The lowest BCUT2D eigenvalue weighted by Gasteiger charge is -2.06. The van der Waals surface area contributed by atoms with E-state index in [1.165, 1.54) is 6.08 Å². The van der Waals surface area contributed by atoms with Gasteiger partial charge in [-0.3, -0.25) is 0 Å². The predicted molar refractivity (Wildman–Crippen MR) is 122 cm³/mol. The van der Waals surface area contributed by atoms with E-state index in [1.54, 1.807) is 14.0 Å². The van der Waals surface area contributed by atoms with Crippen molar-refractivity contribution in [2.75, 3.05) is 13.7 Å². The number of hydrogen-bond acceptors (Lipinski definition) is 5. The maximum absolute atomic E-state index is 11.3. The van der Waals surface area contributed by atoms with Crippen molar-refractivity contribution in [2.45, 2.75) is 20.4 Å². The number of aliphatic carboxylic acids is 1.